The minimum absolute atomic E-state index is 0.0257. The molecule has 1 aliphatic heterocycles. The van der Waals surface area contributed by atoms with Gasteiger partial charge in [-0.05, 0) is 45.7 Å². The highest BCUT2D eigenvalue weighted by Crippen LogP contribution is 2.39. The van der Waals surface area contributed by atoms with Crippen LogP contribution in [0, 0.1) is 0 Å². The van der Waals surface area contributed by atoms with Gasteiger partial charge in [-0.3, -0.25) is 9.59 Å². The molecule has 12 heteroatoms. The largest absolute Gasteiger partial charge is 0.481 e. The van der Waals surface area contributed by atoms with E-state index in [1.807, 2.05) is 78.9 Å². The van der Waals surface area contributed by atoms with Crippen molar-refractivity contribution in [1.29, 1.82) is 0 Å². The third-order valence-electron chi connectivity index (χ3n) is 6.99. The zero-order valence-corrected chi connectivity index (χ0v) is 24.2. The summed E-state index contributed by atoms with van der Waals surface area (Å²) < 4.78 is 14.6. The first-order valence-electron chi connectivity index (χ1n) is 14.0. The number of benzene rings is 3. The zero-order valence-electron chi connectivity index (χ0n) is 23.4. The molecule has 0 spiro atoms. The van der Waals surface area contributed by atoms with Gasteiger partial charge in [0, 0.05) is 37.1 Å². The van der Waals surface area contributed by atoms with Crippen LogP contribution in [0.15, 0.2) is 84.0 Å². The molecule has 1 amide bonds. The molecule has 0 aliphatic carbocycles. The fraction of sp³-hybridized carbons (Fsp3) is 0.323. The van der Waals surface area contributed by atoms with Crippen LogP contribution in [-0.4, -0.2) is 54.2 Å². The molecule has 0 bridgehead atoms. The van der Waals surface area contributed by atoms with E-state index in [9.17, 15) is 14.7 Å². The number of nitrogens with one attached hydrogen (secondary N) is 1. The summed E-state index contributed by atoms with van der Waals surface area (Å²) in [6.45, 7) is 0.315. The van der Waals surface area contributed by atoms with E-state index in [4.69, 9.17) is 14.6 Å². The molecule has 3 N–H and O–H groups in total. The summed E-state index contributed by atoms with van der Waals surface area (Å²) in [5.74, 6) is -0.490. The van der Waals surface area contributed by atoms with E-state index in [1.54, 1.807) is 4.68 Å². The molecule has 3 atom stereocenters. The van der Waals surface area contributed by atoms with Crippen LogP contribution in [0.25, 0.3) is 5.69 Å². The minimum Gasteiger partial charge on any atom is -0.481 e. The highest BCUT2D eigenvalue weighted by molar-refractivity contribution is 7.99. The number of carboxylic acid groups (broad SMARTS) is 1. The Kier molecular flexibility index (Phi) is 10.5. The van der Waals surface area contributed by atoms with E-state index in [1.165, 1.54) is 11.8 Å². The first kappa shape index (κ1) is 30.4. The number of aromatic nitrogens is 4. The second kappa shape index (κ2) is 14.9. The van der Waals surface area contributed by atoms with Crippen LogP contribution in [0.3, 0.4) is 0 Å². The molecule has 0 unspecified atom stereocenters. The lowest BCUT2D eigenvalue weighted by molar-refractivity contribution is -0.245. The molecule has 1 saturated heterocycles. The van der Waals surface area contributed by atoms with Gasteiger partial charge in [-0.1, -0.05) is 78.5 Å². The molecule has 2 heterocycles. The van der Waals surface area contributed by atoms with Gasteiger partial charge in [0.15, 0.2) is 6.29 Å². The number of rotatable bonds is 13. The summed E-state index contributed by atoms with van der Waals surface area (Å²) in [5.41, 5.74) is 4.45. The average Bonchev–Trinajstić information content (AvgIpc) is 3.52. The molecule has 43 heavy (non-hydrogen) atoms. The van der Waals surface area contributed by atoms with E-state index in [0.29, 0.717) is 30.3 Å². The van der Waals surface area contributed by atoms with Gasteiger partial charge in [0.25, 0.3) is 0 Å². The molecule has 3 aromatic carbocycles. The summed E-state index contributed by atoms with van der Waals surface area (Å²) in [6.07, 6.45) is 0.0588. The fourth-order valence-corrected chi connectivity index (χ4v) is 5.58. The minimum atomic E-state index is -0.909. The van der Waals surface area contributed by atoms with Gasteiger partial charge in [0.1, 0.15) is 0 Å². The van der Waals surface area contributed by atoms with Gasteiger partial charge >= 0.3 is 5.97 Å². The number of thioether (sulfide) groups is 1. The first-order chi connectivity index (χ1) is 21.0. The van der Waals surface area contributed by atoms with Crippen LogP contribution in [-0.2, 0) is 32.2 Å². The number of hydrogen-bond acceptors (Lipinski definition) is 9. The Morgan fingerprint density at radius 2 is 1.65 bits per heavy atom. The van der Waals surface area contributed by atoms with Crippen molar-refractivity contribution in [2.24, 2.45) is 0 Å². The Bertz CT molecular complexity index is 1480. The quantitative estimate of drug-likeness (QED) is 0.188. The summed E-state index contributed by atoms with van der Waals surface area (Å²) in [7, 11) is 0. The van der Waals surface area contributed by atoms with Gasteiger partial charge in [0.05, 0.1) is 24.5 Å². The Balaban J connectivity index is 1.26. The number of para-hydroxylation sites is 1. The van der Waals surface area contributed by atoms with E-state index in [2.05, 4.69) is 20.8 Å². The van der Waals surface area contributed by atoms with Crippen LogP contribution in [0.4, 0.5) is 0 Å². The lowest BCUT2D eigenvalue weighted by atomic mass is 10.0. The number of carboxylic acids is 1. The molecule has 5 rings (SSSR count). The SMILES string of the molecule is O=C(O)CCCC(=O)NCc1ccc([C@H]2O[C@@H](CSc3nnnn3-c3ccccc3)C[C@@H](c3ccc(CO)cc3)O2)cc1. The van der Waals surface area contributed by atoms with E-state index >= 15 is 0 Å². The number of carbonyl (C=O) groups excluding carboxylic acids is 1. The predicted molar refractivity (Wildman–Crippen MR) is 158 cm³/mol. The van der Waals surface area contributed by atoms with Crippen LogP contribution in [0.2, 0.25) is 0 Å². The third kappa shape index (κ3) is 8.48. The number of tetrazole rings is 1. The number of aliphatic carboxylic acids is 1. The molecule has 1 fully saturated rings. The zero-order chi connectivity index (χ0) is 30.0. The standard InChI is InChI=1S/C31H33N5O6S/c37-19-22-11-13-23(14-12-22)27-17-26(20-43-31-33-34-35-36(31)25-5-2-1-3-6-25)41-30(42-27)24-15-9-21(10-16-24)18-32-28(38)7-4-8-29(39)40/h1-3,5-6,9-16,26-27,30,37H,4,7-8,17-20H2,(H,32,38)(H,39,40)/t26-,27+,30+/m1/s1. The number of amides is 1. The van der Waals surface area contributed by atoms with Crippen molar-refractivity contribution in [2.45, 2.75) is 62.5 Å². The monoisotopic (exact) mass is 603 g/mol. The van der Waals surface area contributed by atoms with Crippen molar-refractivity contribution >= 4 is 23.6 Å². The molecular formula is C31H33N5O6S. The molecule has 0 saturated carbocycles. The molecule has 224 valence electrons. The predicted octanol–water partition coefficient (Wildman–Crippen LogP) is 4.36. The summed E-state index contributed by atoms with van der Waals surface area (Å²) in [6, 6.07) is 25.1. The Morgan fingerprint density at radius 1 is 0.930 bits per heavy atom. The maximum absolute atomic E-state index is 12.0. The van der Waals surface area contributed by atoms with Crippen molar-refractivity contribution in [3.05, 3.63) is 101 Å². The van der Waals surface area contributed by atoms with Gasteiger partial charge < -0.3 is 25.0 Å². The first-order valence-corrected chi connectivity index (χ1v) is 15.0. The number of carbonyl (C=O) groups is 2. The number of hydrogen-bond donors (Lipinski definition) is 3. The lowest BCUT2D eigenvalue weighted by Gasteiger charge is -2.36. The third-order valence-corrected chi connectivity index (χ3v) is 8.04. The summed E-state index contributed by atoms with van der Waals surface area (Å²) in [4.78, 5) is 22.7. The van der Waals surface area contributed by atoms with Gasteiger partial charge in [-0.25, -0.2) is 0 Å². The fourth-order valence-electron chi connectivity index (χ4n) is 4.67. The number of ether oxygens (including phenoxy) is 2. The maximum atomic E-state index is 12.0. The van der Waals surface area contributed by atoms with Crippen LogP contribution < -0.4 is 5.32 Å². The van der Waals surface area contributed by atoms with Crippen molar-refractivity contribution in [3.8, 4) is 5.69 Å². The lowest BCUT2D eigenvalue weighted by Crippen LogP contribution is -2.31. The van der Waals surface area contributed by atoms with Crippen molar-refractivity contribution < 1.29 is 29.3 Å². The number of aliphatic hydroxyl groups excluding tert-OH is 1. The summed E-state index contributed by atoms with van der Waals surface area (Å²) >= 11 is 1.51. The Hall–Kier alpha value is -4.10. The molecular weight excluding hydrogens is 570 g/mol. The normalized spacial score (nSPS) is 18.3. The maximum Gasteiger partial charge on any atom is 0.303 e. The Morgan fingerprint density at radius 3 is 2.37 bits per heavy atom. The van der Waals surface area contributed by atoms with Crippen LogP contribution in [0.1, 0.15) is 60.3 Å². The highest BCUT2D eigenvalue weighted by Gasteiger charge is 2.32. The van der Waals surface area contributed by atoms with E-state index in [-0.39, 0.29) is 37.6 Å². The van der Waals surface area contributed by atoms with Crippen LogP contribution in [0.5, 0.6) is 0 Å². The van der Waals surface area contributed by atoms with Crippen molar-refractivity contribution in [2.75, 3.05) is 5.75 Å². The van der Waals surface area contributed by atoms with Crippen LogP contribution >= 0.6 is 11.8 Å². The number of nitrogens with zero attached hydrogens (tertiary/aromatic N) is 4. The second-order valence-corrected chi connectivity index (χ2v) is 11.1. The molecule has 4 aromatic rings. The molecule has 11 nitrogen and oxygen atoms in total. The number of aliphatic hydroxyl groups is 1. The van der Waals surface area contributed by atoms with Crippen molar-refractivity contribution in [1.82, 2.24) is 25.5 Å². The molecule has 1 aromatic heterocycles. The second-order valence-electron chi connectivity index (χ2n) is 10.1. The van der Waals surface area contributed by atoms with Gasteiger partial charge in [0.2, 0.25) is 11.1 Å². The van der Waals surface area contributed by atoms with Gasteiger partial charge in [-0.15, -0.1) is 5.10 Å². The smallest absolute Gasteiger partial charge is 0.303 e. The highest BCUT2D eigenvalue weighted by atomic mass is 32.2. The van der Waals surface area contributed by atoms with Gasteiger partial charge in [-0.2, -0.15) is 4.68 Å². The average molecular weight is 604 g/mol. The summed E-state index contributed by atoms with van der Waals surface area (Å²) in [5, 5.41) is 33.9. The van der Waals surface area contributed by atoms with E-state index < -0.39 is 12.3 Å². The van der Waals surface area contributed by atoms with E-state index in [0.717, 1.165) is 27.9 Å². The topological polar surface area (TPSA) is 149 Å². The molecule has 0 radical (unpaired) electrons. The van der Waals surface area contributed by atoms with Crippen molar-refractivity contribution in [3.63, 3.8) is 0 Å². The Labute approximate surface area is 253 Å². The molecule has 1 aliphatic rings.